The van der Waals surface area contributed by atoms with Crippen LogP contribution in [-0.2, 0) is 19.6 Å². The zero-order chi connectivity index (χ0) is 23.1. The number of esters is 1. The van der Waals surface area contributed by atoms with E-state index in [1.54, 1.807) is 0 Å². The van der Waals surface area contributed by atoms with Gasteiger partial charge in [-0.1, -0.05) is 24.1 Å². The van der Waals surface area contributed by atoms with Crippen LogP contribution in [0.1, 0.15) is 36.0 Å². The molecule has 9 nitrogen and oxygen atoms in total. The number of amidine groups is 1. The van der Waals surface area contributed by atoms with Crippen LogP contribution in [0.3, 0.4) is 0 Å². The molecule has 0 radical (unpaired) electrons. The number of benzene rings is 2. The van der Waals surface area contributed by atoms with E-state index < -0.39 is 28.5 Å². The third-order valence-electron chi connectivity index (χ3n) is 4.57. The summed E-state index contributed by atoms with van der Waals surface area (Å²) in [7, 11) is -3.86. The van der Waals surface area contributed by atoms with E-state index in [0.29, 0.717) is 18.8 Å². The smallest absolute Gasteiger partial charge is 0.342 e. The number of phenols is 1. The largest absolute Gasteiger partial charge is 0.507 e. The molecular formula is C21H22ClN3O6S. The van der Waals surface area contributed by atoms with Crippen LogP contribution in [0.5, 0.6) is 5.75 Å². The summed E-state index contributed by atoms with van der Waals surface area (Å²) in [4.78, 5) is 28.4. The van der Waals surface area contributed by atoms with Gasteiger partial charge in [0.1, 0.15) is 17.1 Å². The van der Waals surface area contributed by atoms with Gasteiger partial charge in [-0.3, -0.25) is 14.5 Å². The quantitative estimate of drug-likeness (QED) is 0.545. The van der Waals surface area contributed by atoms with Crippen molar-refractivity contribution in [2.24, 2.45) is 4.99 Å². The highest BCUT2D eigenvalue weighted by molar-refractivity contribution is 7.90. The Labute approximate surface area is 190 Å². The second-order valence-electron chi connectivity index (χ2n) is 7.06. The van der Waals surface area contributed by atoms with Gasteiger partial charge in [-0.25, -0.2) is 13.2 Å². The molecule has 0 unspecified atom stereocenters. The van der Waals surface area contributed by atoms with E-state index in [2.05, 4.69) is 15.0 Å². The van der Waals surface area contributed by atoms with Crippen LogP contribution < -0.4 is 10.0 Å². The number of nitrogens with one attached hydrogen (secondary N) is 2. The highest BCUT2D eigenvalue weighted by Crippen LogP contribution is 2.22. The Kier molecular flexibility index (Phi) is 7.70. The Morgan fingerprint density at radius 1 is 1.12 bits per heavy atom. The van der Waals surface area contributed by atoms with Gasteiger partial charge in [0.25, 0.3) is 15.9 Å². The number of anilines is 1. The van der Waals surface area contributed by atoms with Crippen LogP contribution in [0.15, 0.2) is 52.4 Å². The summed E-state index contributed by atoms with van der Waals surface area (Å²) in [6, 6.07) is 9.54. The van der Waals surface area contributed by atoms with Crippen molar-refractivity contribution in [1.82, 2.24) is 4.72 Å². The van der Waals surface area contributed by atoms with Gasteiger partial charge in [-0.2, -0.15) is 0 Å². The number of halogens is 1. The fourth-order valence-electron chi connectivity index (χ4n) is 2.99. The van der Waals surface area contributed by atoms with Crippen molar-refractivity contribution in [3.63, 3.8) is 0 Å². The Morgan fingerprint density at radius 2 is 1.94 bits per heavy atom. The molecule has 0 spiro atoms. The summed E-state index contributed by atoms with van der Waals surface area (Å²) >= 11 is 5.79. The standard InChI is InChI=1S/C21H22ClN3O6S/c22-14-8-9-18(26)17(11-14)21(28)31-13-20(27)24-15-5-4-6-16(12-15)32(29,30)25-19-7-2-1-3-10-23-19/h4-6,8-9,11-12,26H,1-3,7,10,13H2,(H,23,25)(H,24,27). The fourth-order valence-corrected chi connectivity index (χ4v) is 4.30. The van der Waals surface area contributed by atoms with E-state index >= 15 is 0 Å². The molecule has 0 aromatic heterocycles. The molecule has 0 saturated carbocycles. The van der Waals surface area contributed by atoms with E-state index in [1.165, 1.54) is 42.5 Å². The summed E-state index contributed by atoms with van der Waals surface area (Å²) < 4.78 is 32.7. The normalized spacial score (nSPS) is 14.1. The number of aromatic hydroxyl groups is 1. The van der Waals surface area contributed by atoms with Gasteiger partial charge in [0.05, 0.1) is 4.90 Å². The molecule has 3 rings (SSSR count). The average molecular weight is 480 g/mol. The maximum Gasteiger partial charge on any atom is 0.342 e. The minimum atomic E-state index is -3.86. The van der Waals surface area contributed by atoms with Gasteiger partial charge in [0.2, 0.25) is 0 Å². The predicted octanol–water partition coefficient (Wildman–Crippen LogP) is 3.09. The van der Waals surface area contributed by atoms with Crippen LogP contribution in [0.2, 0.25) is 5.02 Å². The monoisotopic (exact) mass is 479 g/mol. The lowest BCUT2D eigenvalue weighted by Crippen LogP contribution is -2.30. The number of phenolic OH excluding ortho intramolecular Hbond substituents is 1. The SMILES string of the molecule is O=C(COC(=O)c1cc(Cl)ccc1O)Nc1cccc(S(=O)(=O)NC2=NCCCCC2)c1. The molecule has 0 saturated heterocycles. The summed E-state index contributed by atoms with van der Waals surface area (Å²) in [6.07, 6.45) is 3.35. The molecular weight excluding hydrogens is 458 g/mol. The van der Waals surface area contributed by atoms with Crippen LogP contribution in [0.4, 0.5) is 5.69 Å². The van der Waals surface area contributed by atoms with Crippen molar-refractivity contribution in [2.45, 2.75) is 30.6 Å². The summed E-state index contributed by atoms with van der Waals surface area (Å²) in [5.74, 6) is -1.52. The molecule has 0 fully saturated rings. The van der Waals surface area contributed by atoms with E-state index in [9.17, 15) is 23.1 Å². The number of rotatable bonds is 6. The van der Waals surface area contributed by atoms with Crippen LogP contribution in [0.25, 0.3) is 0 Å². The molecule has 2 aromatic rings. The van der Waals surface area contributed by atoms with E-state index in [4.69, 9.17) is 16.3 Å². The summed E-state index contributed by atoms with van der Waals surface area (Å²) in [5.41, 5.74) is 0.0354. The van der Waals surface area contributed by atoms with Crippen LogP contribution >= 0.6 is 11.6 Å². The average Bonchev–Trinajstić information content (AvgIpc) is 3.02. The lowest BCUT2D eigenvalue weighted by Gasteiger charge is -2.11. The molecule has 32 heavy (non-hydrogen) atoms. The Balaban J connectivity index is 1.61. The lowest BCUT2D eigenvalue weighted by molar-refractivity contribution is -0.119. The van der Waals surface area contributed by atoms with Crippen molar-refractivity contribution in [3.05, 3.63) is 53.1 Å². The first-order chi connectivity index (χ1) is 15.2. The van der Waals surface area contributed by atoms with Crippen LogP contribution in [-0.4, -0.2) is 44.4 Å². The Hall–Kier alpha value is -3.11. The number of carbonyl (C=O) groups excluding carboxylic acids is 2. The maximum absolute atomic E-state index is 12.7. The third kappa shape index (κ3) is 6.44. The Morgan fingerprint density at radius 3 is 2.75 bits per heavy atom. The summed E-state index contributed by atoms with van der Waals surface area (Å²) in [6.45, 7) is -0.0591. The first-order valence-electron chi connectivity index (χ1n) is 9.86. The molecule has 1 aliphatic heterocycles. The summed E-state index contributed by atoms with van der Waals surface area (Å²) in [5, 5.41) is 12.4. The topological polar surface area (TPSA) is 134 Å². The van der Waals surface area contributed by atoms with Crippen molar-refractivity contribution < 1.29 is 27.9 Å². The lowest BCUT2D eigenvalue weighted by atomic mass is 10.2. The van der Waals surface area contributed by atoms with Gasteiger partial charge in [-0.05, 0) is 49.2 Å². The Bertz CT molecular complexity index is 1150. The first-order valence-corrected chi connectivity index (χ1v) is 11.7. The molecule has 1 aliphatic rings. The van der Waals surface area contributed by atoms with Crippen molar-refractivity contribution >= 4 is 45.0 Å². The number of carbonyl (C=O) groups is 2. The molecule has 0 atom stereocenters. The highest BCUT2D eigenvalue weighted by atomic mass is 35.5. The number of aliphatic imine (C=N–C) groups is 1. The predicted molar refractivity (Wildman–Crippen MR) is 120 cm³/mol. The van der Waals surface area contributed by atoms with E-state index in [-0.39, 0.29) is 26.9 Å². The van der Waals surface area contributed by atoms with E-state index in [1.807, 2.05) is 0 Å². The molecule has 0 bridgehead atoms. The third-order valence-corrected chi connectivity index (χ3v) is 6.18. The number of hydrogen-bond acceptors (Lipinski definition) is 7. The zero-order valence-electron chi connectivity index (χ0n) is 17.0. The second-order valence-corrected chi connectivity index (χ2v) is 9.18. The van der Waals surface area contributed by atoms with Gasteiger partial charge >= 0.3 is 5.97 Å². The molecule has 1 heterocycles. The minimum absolute atomic E-state index is 0.0388. The van der Waals surface area contributed by atoms with Crippen molar-refractivity contribution in [1.29, 1.82) is 0 Å². The van der Waals surface area contributed by atoms with Gasteiger partial charge in [-0.15, -0.1) is 0 Å². The molecule has 11 heteroatoms. The second kappa shape index (κ2) is 10.5. The molecule has 0 aliphatic carbocycles. The molecule has 170 valence electrons. The van der Waals surface area contributed by atoms with Crippen molar-refractivity contribution in [2.75, 3.05) is 18.5 Å². The maximum atomic E-state index is 12.7. The number of nitrogens with zero attached hydrogens (tertiary/aromatic N) is 1. The number of amides is 1. The van der Waals surface area contributed by atoms with Gasteiger partial charge in [0, 0.05) is 23.7 Å². The van der Waals surface area contributed by atoms with Gasteiger partial charge < -0.3 is 15.2 Å². The molecule has 2 aromatic carbocycles. The van der Waals surface area contributed by atoms with Gasteiger partial charge in [0.15, 0.2) is 6.61 Å². The molecule has 3 N–H and O–H groups in total. The first kappa shape index (κ1) is 23.6. The minimum Gasteiger partial charge on any atom is -0.507 e. The number of sulfonamides is 1. The highest BCUT2D eigenvalue weighted by Gasteiger charge is 2.19. The number of ether oxygens (including phenoxy) is 1. The number of hydrogen-bond donors (Lipinski definition) is 3. The fraction of sp³-hybridized carbons (Fsp3) is 0.286. The zero-order valence-corrected chi connectivity index (χ0v) is 18.6. The molecule has 1 amide bonds. The van der Waals surface area contributed by atoms with Crippen molar-refractivity contribution in [3.8, 4) is 5.75 Å². The van der Waals surface area contributed by atoms with Crippen LogP contribution in [0, 0.1) is 0 Å². The van der Waals surface area contributed by atoms with E-state index in [0.717, 1.165) is 19.3 Å².